The minimum absolute atomic E-state index is 0.396. The zero-order chi connectivity index (χ0) is 14.8. The maximum absolute atomic E-state index is 5.80. The molecule has 0 aromatic heterocycles. The molecule has 0 unspecified atom stereocenters. The van der Waals surface area contributed by atoms with Crippen molar-refractivity contribution in [3.05, 3.63) is 52.5 Å². The zero-order valence-corrected chi connectivity index (χ0v) is 13.8. The van der Waals surface area contributed by atoms with Crippen LogP contribution in [0.4, 0.5) is 11.4 Å². The van der Waals surface area contributed by atoms with Crippen molar-refractivity contribution in [3.8, 4) is 5.75 Å². The molecule has 3 nitrogen and oxygen atoms in total. The van der Waals surface area contributed by atoms with Crippen LogP contribution in [0.25, 0.3) is 0 Å². The van der Waals surface area contributed by atoms with E-state index >= 15 is 0 Å². The van der Waals surface area contributed by atoms with E-state index in [1.165, 1.54) is 0 Å². The zero-order valence-electron chi connectivity index (χ0n) is 11.4. The van der Waals surface area contributed by atoms with Crippen LogP contribution in [0, 0.1) is 0 Å². The van der Waals surface area contributed by atoms with E-state index in [1.807, 2.05) is 30.3 Å². The molecule has 21 heavy (non-hydrogen) atoms. The number of nitrogens with zero attached hydrogens (tertiary/aromatic N) is 1. The Labute approximate surface area is 137 Å². The third kappa shape index (κ3) is 2.89. The van der Waals surface area contributed by atoms with E-state index in [9.17, 15) is 0 Å². The molecule has 1 heterocycles. The molecule has 0 spiro atoms. The topological polar surface area (TPSA) is 38.5 Å². The summed E-state index contributed by atoms with van der Waals surface area (Å²) in [5.74, 6) is 0.921. The largest absolute Gasteiger partial charge is 0.491 e. The van der Waals surface area contributed by atoms with Crippen molar-refractivity contribution in [2.45, 2.75) is 6.42 Å². The van der Waals surface area contributed by atoms with Gasteiger partial charge < -0.3 is 15.4 Å². The fraction of sp³-hybridized carbons (Fsp3) is 0.188. The number of ether oxygens (including phenoxy) is 1. The van der Waals surface area contributed by atoms with E-state index in [1.54, 1.807) is 0 Å². The molecule has 0 atom stereocenters. The first-order chi connectivity index (χ1) is 10.2. The summed E-state index contributed by atoms with van der Waals surface area (Å²) in [5.41, 5.74) is 8.75. The average Bonchev–Trinajstić information content (AvgIpc) is 2.69. The summed E-state index contributed by atoms with van der Waals surface area (Å²) in [5, 5.41) is 0. The summed E-state index contributed by atoms with van der Waals surface area (Å²) in [6, 6.07) is 14.2. The summed E-state index contributed by atoms with van der Waals surface area (Å²) in [4.78, 5) is 2.66. The van der Waals surface area contributed by atoms with Gasteiger partial charge in [-0.15, -0.1) is 0 Å². The molecule has 0 saturated carbocycles. The molecule has 0 radical (unpaired) electrons. The van der Waals surface area contributed by atoms with Gasteiger partial charge in [0.2, 0.25) is 0 Å². The molecule has 1 aliphatic heterocycles. The number of fused-ring (bicyclic) bond motifs is 1. The van der Waals surface area contributed by atoms with Gasteiger partial charge in [-0.05, 0) is 52.7 Å². The lowest BCUT2D eigenvalue weighted by Crippen LogP contribution is -2.18. The third-order valence-corrected chi connectivity index (χ3v) is 4.35. The van der Waals surface area contributed by atoms with Gasteiger partial charge in [-0.2, -0.15) is 0 Å². The molecule has 0 aliphatic carbocycles. The second kappa shape index (κ2) is 6.03. The van der Waals surface area contributed by atoms with Crippen LogP contribution < -0.4 is 15.4 Å². The number of nitrogens with two attached hydrogens (primary N) is 1. The second-order valence-corrected chi connectivity index (χ2v) is 6.14. The smallest absolute Gasteiger partial charge is 0.142 e. The maximum Gasteiger partial charge on any atom is 0.142 e. The minimum Gasteiger partial charge on any atom is -0.491 e. The number of anilines is 2. The Bertz CT molecular complexity index is 690. The first-order valence-electron chi connectivity index (χ1n) is 6.75. The average molecular weight is 363 g/mol. The third-order valence-electron chi connectivity index (χ3n) is 3.47. The monoisotopic (exact) mass is 362 g/mol. The van der Waals surface area contributed by atoms with Crippen molar-refractivity contribution < 1.29 is 4.74 Å². The van der Waals surface area contributed by atoms with Crippen LogP contribution in [-0.2, 0) is 0 Å². The molecule has 108 valence electrons. The molecular formula is C16H15BrN2OS. The van der Waals surface area contributed by atoms with E-state index in [0.29, 0.717) is 4.99 Å². The maximum atomic E-state index is 5.80. The Balaban J connectivity index is 2.04. The predicted octanol–water partition coefficient (Wildman–Crippen LogP) is 4.00. The van der Waals surface area contributed by atoms with Crippen LogP contribution in [0.1, 0.15) is 12.0 Å². The molecule has 2 N–H and O–H groups in total. The van der Waals surface area contributed by atoms with Crippen LogP contribution in [0.3, 0.4) is 0 Å². The van der Waals surface area contributed by atoms with E-state index in [-0.39, 0.29) is 0 Å². The molecule has 0 saturated heterocycles. The Morgan fingerprint density at radius 1 is 1.24 bits per heavy atom. The Hall–Kier alpha value is -1.59. The number of para-hydroxylation sites is 2. The molecule has 0 amide bonds. The van der Waals surface area contributed by atoms with Crippen molar-refractivity contribution >= 4 is 44.5 Å². The van der Waals surface area contributed by atoms with Crippen LogP contribution in [-0.4, -0.2) is 18.1 Å². The molecule has 5 heteroatoms. The quantitative estimate of drug-likeness (QED) is 0.819. The predicted molar refractivity (Wildman–Crippen MR) is 93.6 cm³/mol. The van der Waals surface area contributed by atoms with Gasteiger partial charge in [0.1, 0.15) is 10.7 Å². The van der Waals surface area contributed by atoms with Crippen molar-refractivity contribution in [2.24, 2.45) is 5.73 Å². The number of hydrogen-bond acceptors (Lipinski definition) is 3. The van der Waals surface area contributed by atoms with Gasteiger partial charge in [-0.1, -0.05) is 24.4 Å². The van der Waals surface area contributed by atoms with Crippen molar-refractivity contribution in [1.29, 1.82) is 0 Å². The van der Waals surface area contributed by atoms with Gasteiger partial charge in [0, 0.05) is 22.3 Å². The Morgan fingerprint density at radius 2 is 2.05 bits per heavy atom. The molecule has 1 aliphatic rings. The van der Waals surface area contributed by atoms with E-state index in [0.717, 1.165) is 46.7 Å². The van der Waals surface area contributed by atoms with Crippen molar-refractivity contribution in [3.63, 3.8) is 0 Å². The van der Waals surface area contributed by atoms with E-state index in [4.69, 9.17) is 22.7 Å². The first-order valence-corrected chi connectivity index (χ1v) is 7.95. The molecular weight excluding hydrogens is 348 g/mol. The highest BCUT2D eigenvalue weighted by Crippen LogP contribution is 2.37. The number of rotatable bonds is 2. The van der Waals surface area contributed by atoms with Crippen molar-refractivity contribution in [2.75, 3.05) is 18.1 Å². The van der Waals surface area contributed by atoms with Crippen LogP contribution >= 0.6 is 28.1 Å². The van der Waals surface area contributed by atoms with Crippen LogP contribution in [0.15, 0.2) is 46.9 Å². The summed E-state index contributed by atoms with van der Waals surface area (Å²) >= 11 is 8.60. The lowest BCUT2D eigenvalue weighted by Gasteiger charge is -2.24. The summed E-state index contributed by atoms with van der Waals surface area (Å²) in [6.07, 6.45) is 0.976. The molecule has 0 fully saturated rings. The highest BCUT2D eigenvalue weighted by Gasteiger charge is 2.18. The first kappa shape index (κ1) is 14.4. The molecule has 0 bridgehead atoms. The summed E-state index contributed by atoms with van der Waals surface area (Å²) in [7, 11) is 0. The minimum atomic E-state index is 0.396. The second-order valence-electron chi connectivity index (χ2n) is 4.85. The number of halogens is 1. The van der Waals surface area contributed by atoms with Gasteiger partial charge >= 0.3 is 0 Å². The van der Waals surface area contributed by atoms with Gasteiger partial charge in [0.05, 0.1) is 12.3 Å². The summed E-state index contributed by atoms with van der Waals surface area (Å²) in [6.45, 7) is 1.65. The van der Waals surface area contributed by atoms with E-state index < -0.39 is 0 Å². The van der Waals surface area contributed by atoms with Crippen molar-refractivity contribution in [1.82, 2.24) is 0 Å². The van der Waals surface area contributed by atoms with E-state index in [2.05, 4.69) is 33.0 Å². The number of hydrogen-bond donors (Lipinski definition) is 1. The van der Waals surface area contributed by atoms with Gasteiger partial charge in [0.15, 0.2) is 0 Å². The Morgan fingerprint density at radius 3 is 2.81 bits per heavy atom. The highest BCUT2D eigenvalue weighted by molar-refractivity contribution is 9.10. The number of thiocarbonyl (C=S) groups is 1. The van der Waals surface area contributed by atoms with Gasteiger partial charge in [-0.3, -0.25) is 0 Å². The standard InChI is InChI=1S/C16H15BrN2OS/c17-13-10-11(6-7-12(13)16(18)21)19-8-3-9-20-15-5-2-1-4-14(15)19/h1-2,4-7,10H,3,8-9H2,(H2,18,21). The van der Waals surface area contributed by atoms with Gasteiger partial charge in [0.25, 0.3) is 0 Å². The molecule has 2 aromatic rings. The number of benzene rings is 2. The molecule has 3 rings (SSSR count). The van der Waals surface area contributed by atoms with Crippen LogP contribution in [0.2, 0.25) is 0 Å². The van der Waals surface area contributed by atoms with Gasteiger partial charge in [-0.25, -0.2) is 0 Å². The lowest BCUT2D eigenvalue weighted by atomic mass is 10.1. The normalized spacial score (nSPS) is 14.0. The fourth-order valence-corrected chi connectivity index (χ4v) is 3.36. The van der Waals surface area contributed by atoms with Crippen LogP contribution in [0.5, 0.6) is 5.75 Å². The Kier molecular flexibility index (Phi) is 4.12. The highest BCUT2D eigenvalue weighted by atomic mass is 79.9. The molecule has 2 aromatic carbocycles. The fourth-order valence-electron chi connectivity index (χ4n) is 2.47. The summed E-state index contributed by atoms with van der Waals surface area (Å²) < 4.78 is 6.71. The lowest BCUT2D eigenvalue weighted by molar-refractivity contribution is 0.322. The SMILES string of the molecule is NC(=S)c1ccc(N2CCCOc3ccccc32)cc1Br.